The van der Waals surface area contributed by atoms with Crippen molar-refractivity contribution in [2.75, 3.05) is 7.11 Å². The minimum atomic E-state index is -1.11. The molecule has 0 spiro atoms. The van der Waals surface area contributed by atoms with Gasteiger partial charge in [0.15, 0.2) is 0 Å². The lowest BCUT2D eigenvalue weighted by Gasteiger charge is -2.03. The smallest absolute Gasteiger partial charge is 0.329 e. The second-order valence-electron chi connectivity index (χ2n) is 5.91. The van der Waals surface area contributed by atoms with E-state index < -0.39 is 11.8 Å². The summed E-state index contributed by atoms with van der Waals surface area (Å²) >= 11 is 0. The Labute approximate surface area is 161 Å². The van der Waals surface area contributed by atoms with Crippen LogP contribution in [0.1, 0.15) is 11.1 Å². The third-order valence-electron chi connectivity index (χ3n) is 3.91. The number of primary amides is 1. The normalized spacial score (nSPS) is 10.8. The summed E-state index contributed by atoms with van der Waals surface area (Å²) in [6.45, 7) is 0.569. The van der Waals surface area contributed by atoms with Crippen molar-refractivity contribution in [3.05, 3.63) is 71.9 Å². The van der Waals surface area contributed by atoms with Crippen molar-refractivity contribution in [3.63, 3.8) is 0 Å². The summed E-state index contributed by atoms with van der Waals surface area (Å²) in [6.07, 6.45) is 3.23. The molecule has 2 aromatic carbocycles. The molecular weight excluding hydrogens is 358 g/mol. The first-order valence-corrected chi connectivity index (χ1v) is 8.45. The highest BCUT2D eigenvalue weighted by atomic mass is 16.5. The number of hydrazone groups is 1. The highest BCUT2D eigenvalue weighted by Gasteiger charge is 2.12. The number of hydrogen-bond donors (Lipinski definition) is 2. The molecule has 142 valence electrons. The molecule has 28 heavy (non-hydrogen) atoms. The van der Waals surface area contributed by atoms with Gasteiger partial charge in [-0.3, -0.25) is 14.3 Å². The Hall–Kier alpha value is -3.94. The number of carbonyl (C=O) groups excluding carboxylic acids is 2. The molecule has 3 N–H and O–H groups in total. The van der Waals surface area contributed by atoms with Crippen LogP contribution in [0.15, 0.2) is 65.9 Å². The average Bonchev–Trinajstić information content (AvgIpc) is 3.11. The molecule has 2 amide bonds. The first-order valence-electron chi connectivity index (χ1n) is 8.45. The number of rotatable bonds is 6. The van der Waals surface area contributed by atoms with Crippen LogP contribution in [-0.2, 0) is 16.1 Å². The molecule has 1 aromatic heterocycles. The molecule has 0 bridgehead atoms. The molecular formula is C20H19N5O3. The van der Waals surface area contributed by atoms with Crippen molar-refractivity contribution in [1.82, 2.24) is 15.2 Å². The van der Waals surface area contributed by atoms with E-state index >= 15 is 0 Å². The zero-order valence-electron chi connectivity index (χ0n) is 15.2. The molecule has 0 saturated carbocycles. The van der Waals surface area contributed by atoms with Crippen LogP contribution in [0.3, 0.4) is 0 Å². The Morgan fingerprint density at radius 1 is 1.21 bits per heavy atom. The van der Waals surface area contributed by atoms with E-state index in [4.69, 9.17) is 10.5 Å². The van der Waals surface area contributed by atoms with Crippen LogP contribution in [0.2, 0.25) is 0 Å². The topological polar surface area (TPSA) is 112 Å². The first kappa shape index (κ1) is 18.8. The molecule has 0 radical (unpaired) electrons. The second kappa shape index (κ2) is 8.63. The maximum atomic E-state index is 11.3. The van der Waals surface area contributed by atoms with Gasteiger partial charge in [-0.2, -0.15) is 10.2 Å². The van der Waals surface area contributed by atoms with Crippen molar-refractivity contribution in [3.8, 4) is 17.0 Å². The molecule has 1 heterocycles. The van der Waals surface area contributed by atoms with E-state index in [0.29, 0.717) is 23.6 Å². The third kappa shape index (κ3) is 4.61. The quantitative estimate of drug-likeness (QED) is 0.385. The summed E-state index contributed by atoms with van der Waals surface area (Å²) in [5.74, 6) is -1.40. The van der Waals surface area contributed by atoms with Crippen molar-refractivity contribution in [1.29, 1.82) is 0 Å². The van der Waals surface area contributed by atoms with E-state index in [0.717, 1.165) is 11.1 Å². The SMILES string of the molecule is COc1cccc(-c2nn(Cc3ccccc3)cc2/C=N\NC(=O)C(N)=O)c1. The van der Waals surface area contributed by atoms with Gasteiger partial charge in [-0.05, 0) is 17.7 Å². The van der Waals surface area contributed by atoms with Gasteiger partial charge in [-0.25, -0.2) is 5.43 Å². The summed E-state index contributed by atoms with van der Waals surface area (Å²) in [5, 5.41) is 8.45. The lowest BCUT2D eigenvalue weighted by atomic mass is 10.1. The highest BCUT2D eigenvalue weighted by Crippen LogP contribution is 2.25. The average molecular weight is 377 g/mol. The molecule has 8 heteroatoms. The molecule has 0 atom stereocenters. The fraction of sp³-hybridized carbons (Fsp3) is 0.100. The maximum absolute atomic E-state index is 11.3. The number of nitrogens with zero attached hydrogens (tertiary/aromatic N) is 3. The number of nitrogens with one attached hydrogen (secondary N) is 1. The van der Waals surface area contributed by atoms with Crippen LogP contribution in [0.5, 0.6) is 5.75 Å². The molecule has 0 fully saturated rings. The number of amides is 2. The van der Waals surface area contributed by atoms with Crippen LogP contribution in [0.4, 0.5) is 0 Å². The molecule has 0 aliphatic heterocycles. The number of nitrogens with two attached hydrogens (primary N) is 1. The number of methoxy groups -OCH3 is 1. The summed E-state index contributed by atoms with van der Waals surface area (Å²) < 4.78 is 7.06. The number of aromatic nitrogens is 2. The van der Waals surface area contributed by atoms with E-state index in [-0.39, 0.29) is 0 Å². The van der Waals surface area contributed by atoms with Crippen LogP contribution >= 0.6 is 0 Å². The standard InChI is InChI=1S/C20H19N5O3/c1-28-17-9-5-8-15(10-17)18-16(11-22-23-20(27)19(21)26)13-25(24-18)12-14-6-3-2-4-7-14/h2-11,13H,12H2,1H3,(H2,21,26)(H,23,27)/b22-11-. The molecule has 0 unspecified atom stereocenters. The summed E-state index contributed by atoms with van der Waals surface area (Å²) in [4.78, 5) is 22.1. The predicted octanol–water partition coefficient (Wildman–Crippen LogP) is 1.54. The third-order valence-corrected chi connectivity index (χ3v) is 3.91. The zero-order valence-corrected chi connectivity index (χ0v) is 15.2. The fourth-order valence-corrected chi connectivity index (χ4v) is 2.59. The Morgan fingerprint density at radius 3 is 2.71 bits per heavy atom. The van der Waals surface area contributed by atoms with Crippen molar-refractivity contribution in [2.24, 2.45) is 10.8 Å². The number of ether oxygens (including phenoxy) is 1. The van der Waals surface area contributed by atoms with Crippen LogP contribution in [0, 0.1) is 0 Å². The first-order chi connectivity index (χ1) is 13.6. The van der Waals surface area contributed by atoms with Gasteiger partial charge >= 0.3 is 11.8 Å². The van der Waals surface area contributed by atoms with Crippen molar-refractivity contribution >= 4 is 18.0 Å². The van der Waals surface area contributed by atoms with E-state index in [1.807, 2.05) is 60.8 Å². The van der Waals surface area contributed by atoms with Gasteiger partial charge in [-0.1, -0.05) is 42.5 Å². The van der Waals surface area contributed by atoms with Crippen molar-refractivity contribution < 1.29 is 14.3 Å². The minimum absolute atomic E-state index is 0.569. The summed E-state index contributed by atoms with van der Waals surface area (Å²) in [7, 11) is 1.59. The van der Waals surface area contributed by atoms with Crippen molar-refractivity contribution in [2.45, 2.75) is 6.54 Å². The molecule has 3 rings (SSSR count). The Kier molecular flexibility index (Phi) is 5.81. The van der Waals surface area contributed by atoms with Gasteiger partial charge < -0.3 is 10.5 Å². The Balaban J connectivity index is 1.94. The summed E-state index contributed by atoms with van der Waals surface area (Å²) in [6, 6.07) is 17.3. The zero-order chi connectivity index (χ0) is 19.9. The minimum Gasteiger partial charge on any atom is -0.497 e. The molecule has 3 aromatic rings. The number of hydrogen-bond acceptors (Lipinski definition) is 5. The van der Waals surface area contributed by atoms with Crippen LogP contribution < -0.4 is 15.9 Å². The molecule has 0 aliphatic rings. The number of benzene rings is 2. The fourth-order valence-electron chi connectivity index (χ4n) is 2.59. The largest absolute Gasteiger partial charge is 0.497 e. The summed E-state index contributed by atoms with van der Waals surface area (Å²) in [5.41, 5.74) is 10.2. The van der Waals surface area contributed by atoms with Gasteiger partial charge in [-0.15, -0.1) is 0 Å². The van der Waals surface area contributed by atoms with E-state index in [9.17, 15) is 9.59 Å². The Bertz CT molecular complexity index is 1010. The molecule has 0 saturated heterocycles. The number of carbonyl (C=O) groups is 2. The van der Waals surface area contributed by atoms with E-state index in [1.165, 1.54) is 6.21 Å². The molecule has 0 aliphatic carbocycles. The molecule has 8 nitrogen and oxygen atoms in total. The maximum Gasteiger partial charge on any atom is 0.329 e. The van der Waals surface area contributed by atoms with E-state index in [2.05, 4.69) is 15.6 Å². The van der Waals surface area contributed by atoms with Gasteiger partial charge in [0, 0.05) is 17.3 Å². The van der Waals surface area contributed by atoms with Crippen LogP contribution in [-0.4, -0.2) is 34.9 Å². The lowest BCUT2D eigenvalue weighted by Crippen LogP contribution is -2.32. The second-order valence-corrected chi connectivity index (χ2v) is 5.91. The van der Waals surface area contributed by atoms with Gasteiger partial charge in [0.1, 0.15) is 11.4 Å². The van der Waals surface area contributed by atoms with E-state index in [1.54, 1.807) is 11.8 Å². The van der Waals surface area contributed by atoms with Gasteiger partial charge in [0.25, 0.3) is 0 Å². The predicted molar refractivity (Wildman–Crippen MR) is 105 cm³/mol. The van der Waals surface area contributed by atoms with Crippen LogP contribution in [0.25, 0.3) is 11.3 Å². The van der Waals surface area contributed by atoms with Gasteiger partial charge in [0.2, 0.25) is 0 Å². The van der Waals surface area contributed by atoms with Gasteiger partial charge in [0.05, 0.1) is 19.9 Å². The highest BCUT2D eigenvalue weighted by molar-refractivity contribution is 6.34. The monoisotopic (exact) mass is 377 g/mol. The Morgan fingerprint density at radius 2 is 2.00 bits per heavy atom. The lowest BCUT2D eigenvalue weighted by molar-refractivity contribution is -0.137.